The van der Waals surface area contributed by atoms with Crippen molar-refractivity contribution in [3.05, 3.63) is 62.7 Å². The Morgan fingerprint density at radius 3 is 2.47 bits per heavy atom. The third kappa shape index (κ3) is 3.61. The molecule has 2 aromatic carbocycles. The third-order valence-corrected chi connectivity index (χ3v) is 3.79. The summed E-state index contributed by atoms with van der Waals surface area (Å²) in [6.45, 7) is 0.643. The fraction of sp³-hybridized carbons (Fsp3) is 0.143. The Morgan fingerprint density at radius 2 is 1.71 bits per heavy atom. The standard InChI is InChI=1S/C14H12ClIO/c15-12-6-2-4-8-14(12)17-10-9-11-5-1-3-7-13(11)16/h1-8H,9-10H2. The number of rotatable bonds is 4. The summed E-state index contributed by atoms with van der Waals surface area (Å²) in [7, 11) is 0. The van der Waals surface area contributed by atoms with Crippen LogP contribution in [0.5, 0.6) is 5.75 Å². The van der Waals surface area contributed by atoms with Crippen LogP contribution in [-0.2, 0) is 6.42 Å². The van der Waals surface area contributed by atoms with E-state index in [2.05, 4.69) is 34.7 Å². The van der Waals surface area contributed by atoms with Crippen LogP contribution in [0.3, 0.4) is 0 Å². The average Bonchev–Trinajstić information content (AvgIpc) is 2.34. The van der Waals surface area contributed by atoms with Crippen LogP contribution < -0.4 is 4.74 Å². The van der Waals surface area contributed by atoms with Crippen molar-refractivity contribution in [2.24, 2.45) is 0 Å². The lowest BCUT2D eigenvalue weighted by molar-refractivity contribution is 0.322. The number of para-hydroxylation sites is 1. The molecule has 0 aliphatic rings. The molecular weight excluding hydrogens is 347 g/mol. The van der Waals surface area contributed by atoms with Gasteiger partial charge in [0.15, 0.2) is 0 Å². The van der Waals surface area contributed by atoms with Crippen LogP contribution in [0.1, 0.15) is 5.56 Å². The minimum absolute atomic E-state index is 0.643. The predicted molar refractivity (Wildman–Crippen MR) is 79.8 cm³/mol. The Balaban J connectivity index is 1.93. The zero-order chi connectivity index (χ0) is 12.1. The van der Waals surface area contributed by atoms with E-state index < -0.39 is 0 Å². The molecular formula is C14H12ClIO. The Hall–Kier alpha value is -0.740. The lowest BCUT2D eigenvalue weighted by Crippen LogP contribution is -2.02. The summed E-state index contributed by atoms with van der Waals surface area (Å²) in [6.07, 6.45) is 0.893. The zero-order valence-corrected chi connectivity index (χ0v) is 12.1. The highest BCUT2D eigenvalue weighted by molar-refractivity contribution is 14.1. The highest BCUT2D eigenvalue weighted by Crippen LogP contribution is 2.23. The molecule has 0 heterocycles. The highest BCUT2D eigenvalue weighted by Gasteiger charge is 2.01. The summed E-state index contributed by atoms with van der Waals surface area (Å²) in [6, 6.07) is 15.9. The molecule has 0 saturated carbocycles. The molecule has 0 aliphatic heterocycles. The lowest BCUT2D eigenvalue weighted by Gasteiger charge is -2.08. The molecule has 0 amide bonds. The molecule has 0 atom stereocenters. The molecule has 3 heteroatoms. The highest BCUT2D eigenvalue weighted by atomic mass is 127. The van der Waals surface area contributed by atoms with E-state index in [4.69, 9.17) is 16.3 Å². The summed E-state index contributed by atoms with van der Waals surface area (Å²) >= 11 is 8.35. The third-order valence-electron chi connectivity index (χ3n) is 2.42. The molecule has 0 N–H and O–H groups in total. The van der Waals surface area contributed by atoms with Crippen LogP contribution in [0.2, 0.25) is 5.02 Å². The van der Waals surface area contributed by atoms with Crippen LogP contribution in [0, 0.1) is 3.57 Å². The fourth-order valence-electron chi connectivity index (χ4n) is 1.53. The molecule has 0 radical (unpaired) electrons. The summed E-state index contributed by atoms with van der Waals surface area (Å²) in [5.74, 6) is 0.750. The molecule has 1 nitrogen and oxygen atoms in total. The van der Waals surface area contributed by atoms with Gasteiger partial charge in [0.1, 0.15) is 5.75 Å². The van der Waals surface area contributed by atoms with Gasteiger partial charge in [-0.1, -0.05) is 41.9 Å². The van der Waals surface area contributed by atoms with E-state index in [0.29, 0.717) is 11.6 Å². The molecule has 0 unspecified atom stereocenters. The summed E-state index contributed by atoms with van der Waals surface area (Å²) in [4.78, 5) is 0. The van der Waals surface area contributed by atoms with Crippen LogP contribution in [0.4, 0.5) is 0 Å². The van der Waals surface area contributed by atoms with E-state index in [1.807, 2.05) is 36.4 Å². The molecule has 0 bridgehead atoms. The monoisotopic (exact) mass is 358 g/mol. The van der Waals surface area contributed by atoms with Crippen molar-refractivity contribution in [1.29, 1.82) is 0 Å². The Morgan fingerprint density at radius 1 is 1.00 bits per heavy atom. The van der Waals surface area contributed by atoms with Gasteiger partial charge in [-0.25, -0.2) is 0 Å². The van der Waals surface area contributed by atoms with Gasteiger partial charge < -0.3 is 4.74 Å². The van der Waals surface area contributed by atoms with Gasteiger partial charge in [0.05, 0.1) is 11.6 Å². The average molecular weight is 359 g/mol. The second-order valence-corrected chi connectivity index (χ2v) is 5.19. The van der Waals surface area contributed by atoms with Gasteiger partial charge in [-0.3, -0.25) is 0 Å². The number of hydrogen-bond acceptors (Lipinski definition) is 1. The number of ether oxygens (including phenoxy) is 1. The van der Waals surface area contributed by atoms with Crippen molar-refractivity contribution in [1.82, 2.24) is 0 Å². The first-order valence-corrected chi connectivity index (χ1v) is 6.84. The molecule has 2 rings (SSSR count). The number of hydrogen-bond donors (Lipinski definition) is 0. The van der Waals surface area contributed by atoms with Gasteiger partial charge in [-0.15, -0.1) is 0 Å². The maximum atomic E-state index is 6.01. The quantitative estimate of drug-likeness (QED) is 0.728. The summed E-state index contributed by atoms with van der Waals surface area (Å²) < 4.78 is 6.93. The van der Waals surface area contributed by atoms with Crippen LogP contribution in [0.15, 0.2) is 48.5 Å². The largest absolute Gasteiger partial charge is 0.492 e. The molecule has 0 saturated heterocycles. The Labute approximate surface area is 120 Å². The molecule has 17 heavy (non-hydrogen) atoms. The topological polar surface area (TPSA) is 9.23 Å². The SMILES string of the molecule is Clc1ccccc1OCCc1ccccc1I. The van der Waals surface area contributed by atoms with Crippen molar-refractivity contribution < 1.29 is 4.74 Å². The second kappa shape index (κ2) is 6.26. The van der Waals surface area contributed by atoms with E-state index >= 15 is 0 Å². The predicted octanol–water partition coefficient (Wildman–Crippen LogP) is 4.57. The second-order valence-electron chi connectivity index (χ2n) is 3.62. The van der Waals surface area contributed by atoms with Gasteiger partial charge in [-0.05, 0) is 46.4 Å². The lowest BCUT2D eigenvalue weighted by atomic mass is 10.2. The van der Waals surface area contributed by atoms with Crippen LogP contribution in [-0.4, -0.2) is 6.61 Å². The smallest absolute Gasteiger partial charge is 0.137 e. The van der Waals surface area contributed by atoms with Crippen LogP contribution >= 0.6 is 34.2 Å². The van der Waals surface area contributed by atoms with E-state index in [1.165, 1.54) is 9.13 Å². The van der Waals surface area contributed by atoms with E-state index in [0.717, 1.165) is 12.2 Å². The van der Waals surface area contributed by atoms with E-state index in [9.17, 15) is 0 Å². The molecule has 0 fully saturated rings. The van der Waals surface area contributed by atoms with Gasteiger partial charge in [0.25, 0.3) is 0 Å². The molecule has 0 aromatic heterocycles. The minimum atomic E-state index is 0.643. The molecule has 88 valence electrons. The summed E-state index contributed by atoms with van der Waals surface area (Å²) in [5.41, 5.74) is 1.31. The van der Waals surface area contributed by atoms with Gasteiger partial charge in [0.2, 0.25) is 0 Å². The van der Waals surface area contributed by atoms with Crippen molar-refractivity contribution in [2.75, 3.05) is 6.61 Å². The number of halogens is 2. The van der Waals surface area contributed by atoms with Gasteiger partial charge in [-0.2, -0.15) is 0 Å². The van der Waals surface area contributed by atoms with Crippen molar-refractivity contribution in [3.8, 4) is 5.75 Å². The van der Waals surface area contributed by atoms with E-state index in [1.54, 1.807) is 0 Å². The van der Waals surface area contributed by atoms with Crippen molar-refractivity contribution in [3.63, 3.8) is 0 Å². The van der Waals surface area contributed by atoms with Gasteiger partial charge in [0, 0.05) is 9.99 Å². The Bertz CT molecular complexity index is 454. The van der Waals surface area contributed by atoms with Crippen molar-refractivity contribution in [2.45, 2.75) is 6.42 Å². The first-order chi connectivity index (χ1) is 8.27. The number of benzene rings is 2. The first kappa shape index (κ1) is 12.7. The van der Waals surface area contributed by atoms with Crippen molar-refractivity contribution >= 4 is 34.2 Å². The zero-order valence-electron chi connectivity index (χ0n) is 9.20. The molecule has 0 aliphatic carbocycles. The van der Waals surface area contributed by atoms with E-state index in [-0.39, 0.29) is 0 Å². The minimum Gasteiger partial charge on any atom is -0.492 e. The summed E-state index contributed by atoms with van der Waals surface area (Å²) in [5, 5.41) is 0.662. The maximum Gasteiger partial charge on any atom is 0.137 e. The fourth-order valence-corrected chi connectivity index (χ4v) is 2.38. The Kier molecular flexibility index (Phi) is 4.68. The normalized spacial score (nSPS) is 10.2. The maximum absolute atomic E-state index is 6.01. The molecule has 0 spiro atoms. The molecule has 2 aromatic rings. The van der Waals surface area contributed by atoms with Crippen LogP contribution in [0.25, 0.3) is 0 Å². The van der Waals surface area contributed by atoms with Gasteiger partial charge >= 0.3 is 0 Å². The first-order valence-electron chi connectivity index (χ1n) is 5.38.